The van der Waals surface area contributed by atoms with Crippen molar-refractivity contribution in [2.45, 2.75) is 0 Å². The molecule has 3 N–H and O–H groups in total. The first-order valence-corrected chi connectivity index (χ1v) is 6.67. The first kappa shape index (κ1) is 12.8. The lowest BCUT2D eigenvalue weighted by molar-refractivity contribution is 0.104. The van der Waals surface area contributed by atoms with Gasteiger partial charge in [0.25, 0.3) is 0 Å². The third-order valence-electron chi connectivity index (χ3n) is 2.32. The number of allylic oxidation sites excluding steroid dienone is 2. The maximum absolute atomic E-state index is 11.9. The molecular formula is C10H4Br3NO3. The van der Waals surface area contributed by atoms with Crippen LogP contribution in [0, 0.1) is 5.41 Å². The first-order chi connectivity index (χ1) is 7.86. The van der Waals surface area contributed by atoms with Gasteiger partial charge in [-0.25, -0.2) is 0 Å². The van der Waals surface area contributed by atoms with Gasteiger partial charge >= 0.3 is 0 Å². The highest BCUT2D eigenvalue weighted by Gasteiger charge is 2.31. The molecule has 0 spiro atoms. The molecule has 1 aromatic carbocycles. The van der Waals surface area contributed by atoms with Crippen molar-refractivity contribution in [3.63, 3.8) is 0 Å². The molecule has 2 rings (SSSR count). The topological polar surface area (TPSA) is 81.4 Å². The van der Waals surface area contributed by atoms with E-state index >= 15 is 0 Å². The molecule has 7 heteroatoms. The Bertz CT molecular complexity index is 608. The molecule has 4 nitrogen and oxygen atoms in total. The van der Waals surface area contributed by atoms with Crippen LogP contribution in [0.4, 0.5) is 0 Å². The maximum Gasteiger partial charge on any atom is 0.204 e. The van der Waals surface area contributed by atoms with Crippen molar-refractivity contribution in [3.8, 4) is 11.5 Å². The summed E-state index contributed by atoms with van der Waals surface area (Å²) < 4.78 is 0.550. The van der Waals surface area contributed by atoms with Crippen molar-refractivity contribution in [2.24, 2.45) is 0 Å². The monoisotopic (exact) mass is 423 g/mol. The molecule has 0 aromatic heterocycles. The molecule has 0 atom stereocenters. The fraction of sp³-hybridized carbons (Fsp3) is 0. The minimum absolute atomic E-state index is 0.0192. The Morgan fingerprint density at radius 3 is 2.00 bits per heavy atom. The van der Waals surface area contributed by atoms with Crippen molar-refractivity contribution < 1.29 is 15.0 Å². The smallest absolute Gasteiger partial charge is 0.204 e. The van der Waals surface area contributed by atoms with Gasteiger partial charge in [0, 0.05) is 0 Å². The van der Waals surface area contributed by atoms with Gasteiger partial charge in [0.15, 0.2) is 0 Å². The van der Waals surface area contributed by atoms with Gasteiger partial charge in [0.05, 0.1) is 30.3 Å². The predicted octanol–water partition coefficient (Wildman–Crippen LogP) is 3.47. The summed E-state index contributed by atoms with van der Waals surface area (Å²) in [4.78, 5) is 11.9. The Labute approximate surface area is 121 Å². The Morgan fingerprint density at radius 2 is 1.47 bits per heavy atom. The fourth-order valence-corrected chi connectivity index (χ4v) is 2.73. The van der Waals surface area contributed by atoms with Gasteiger partial charge in [-0.3, -0.25) is 4.79 Å². The molecule has 88 valence electrons. The quantitative estimate of drug-likeness (QED) is 0.557. The zero-order valence-corrected chi connectivity index (χ0v) is 12.8. The SMILES string of the molecule is N=C1C=C(Br)C(=O)c2c(O)c(Br)c(Br)c(O)c21. The number of aromatic hydroxyl groups is 2. The average molecular weight is 426 g/mol. The summed E-state index contributed by atoms with van der Waals surface area (Å²) in [6.07, 6.45) is 1.28. The van der Waals surface area contributed by atoms with Gasteiger partial charge in [-0.1, -0.05) is 0 Å². The normalized spacial score (nSPS) is 14.6. The summed E-state index contributed by atoms with van der Waals surface area (Å²) in [5.74, 6) is -1.03. The number of hydrogen-bond acceptors (Lipinski definition) is 4. The van der Waals surface area contributed by atoms with E-state index in [0.717, 1.165) is 0 Å². The first-order valence-electron chi connectivity index (χ1n) is 4.30. The van der Waals surface area contributed by atoms with Gasteiger partial charge in [-0.15, -0.1) is 0 Å². The number of hydrogen-bond donors (Lipinski definition) is 3. The molecule has 0 saturated heterocycles. The molecule has 17 heavy (non-hydrogen) atoms. The van der Waals surface area contributed by atoms with Gasteiger partial charge in [0.2, 0.25) is 5.78 Å². The van der Waals surface area contributed by atoms with E-state index in [1.807, 2.05) is 0 Å². The molecule has 0 heterocycles. The number of ketones is 1. The fourth-order valence-electron chi connectivity index (χ4n) is 1.53. The van der Waals surface area contributed by atoms with Gasteiger partial charge in [-0.05, 0) is 53.9 Å². The summed E-state index contributed by atoms with van der Waals surface area (Å²) in [7, 11) is 0. The van der Waals surface area contributed by atoms with Crippen LogP contribution < -0.4 is 0 Å². The minimum Gasteiger partial charge on any atom is -0.506 e. The standard InChI is InChI=1S/C10H4Br3NO3/c11-2-1-3(14)4-5(8(2)15)10(17)7(13)6(12)9(4)16/h1,14,16-17H. The zero-order chi connectivity index (χ0) is 12.9. The van der Waals surface area contributed by atoms with E-state index in [-0.39, 0.29) is 41.8 Å². The molecular weight excluding hydrogens is 422 g/mol. The summed E-state index contributed by atoms with van der Waals surface area (Å²) in [6, 6.07) is 0. The number of carbonyl (C=O) groups excluding carboxylic acids is 1. The summed E-state index contributed by atoms with van der Waals surface area (Å²) >= 11 is 9.15. The van der Waals surface area contributed by atoms with Crippen LogP contribution in [0.25, 0.3) is 0 Å². The van der Waals surface area contributed by atoms with E-state index in [1.54, 1.807) is 0 Å². The number of halogens is 3. The molecule has 1 aliphatic carbocycles. The number of fused-ring (bicyclic) bond motifs is 1. The number of carbonyl (C=O) groups is 1. The Hall–Kier alpha value is -0.660. The molecule has 1 aliphatic rings. The number of phenolic OH excluding ortho intramolecular Hbond substituents is 2. The maximum atomic E-state index is 11.9. The van der Waals surface area contributed by atoms with Crippen molar-refractivity contribution in [2.75, 3.05) is 0 Å². The third-order valence-corrected chi connectivity index (χ3v) is 4.98. The second-order valence-electron chi connectivity index (χ2n) is 3.31. The largest absolute Gasteiger partial charge is 0.506 e. The van der Waals surface area contributed by atoms with E-state index in [1.165, 1.54) is 6.08 Å². The van der Waals surface area contributed by atoms with E-state index in [9.17, 15) is 15.0 Å². The molecule has 0 saturated carbocycles. The molecule has 0 bridgehead atoms. The molecule has 1 aromatic rings. The van der Waals surface area contributed by atoms with Crippen molar-refractivity contribution >= 4 is 59.3 Å². The van der Waals surface area contributed by atoms with Gasteiger partial charge in [-0.2, -0.15) is 0 Å². The highest BCUT2D eigenvalue weighted by Crippen LogP contribution is 2.46. The molecule has 0 aliphatic heterocycles. The summed E-state index contributed by atoms with van der Waals surface area (Å²) in [5.41, 5.74) is -0.116. The number of rotatable bonds is 0. The predicted molar refractivity (Wildman–Crippen MR) is 73.3 cm³/mol. The summed E-state index contributed by atoms with van der Waals surface area (Å²) in [5, 5.41) is 27.5. The highest BCUT2D eigenvalue weighted by atomic mass is 79.9. The van der Waals surface area contributed by atoms with E-state index in [0.29, 0.717) is 0 Å². The lowest BCUT2D eigenvalue weighted by Crippen LogP contribution is -2.15. The van der Waals surface area contributed by atoms with Crippen LogP contribution in [0.1, 0.15) is 15.9 Å². The van der Waals surface area contributed by atoms with Crippen molar-refractivity contribution in [3.05, 3.63) is 30.6 Å². The Morgan fingerprint density at radius 1 is 1.00 bits per heavy atom. The van der Waals surface area contributed by atoms with Crippen LogP contribution in [-0.2, 0) is 0 Å². The molecule has 0 fully saturated rings. The lowest BCUT2D eigenvalue weighted by Gasteiger charge is -2.18. The second kappa shape index (κ2) is 4.22. The van der Waals surface area contributed by atoms with Gasteiger partial charge in [0.1, 0.15) is 11.5 Å². The van der Waals surface area contributed by atoms with Crippen LogP contribution in [0.5, 0.6) is 11.5 Å². The van der Waals surface area contributed by atoms with Crippen LogP contribution in [0.15, 0.2) is 19.5 Å². The molecule has 0 amide bonds. The van der Waals surface area contributed by atoms with Gasteiger partial charge < -0.3 is 15.6 Å². The van der Waals surface area contributed by atoms with Crippen molar-refractivity contribution in [1.29, 1.82) is 5.41 Å². The molecule has 0 radical (unpaired) electrons. The van der Waals surface area contributed by atoms with Crippen LogP contribution in [-0.4, -0.2) is 21.7 Å². The number of phenols is 2. The van der Waals surface area contributed by atoms with E-state index in [4.69, 9.17) is 5.41 Å². The second-order valence-corrected chi connectivity index (χ2v) is 5.75. The number of Topliss-reactive ketones (excluding diaryl/α,β-unsaturated/α-hetero) is 1. The Balaban J connectivity index is 2.93. The molecule has 0 unspecified atom stereocenters. The lowest BCUT2D eigenvalue weighted by atomic mass is 9.92. The van der Waals surface area contributed by atoms with Crippen LogP contribution >= 0.6 is 47.8 Å². The summed E-state index contributed by atoms with van der Waals surface area (Å²) in [6.45, 7) is 0. The highest BCUT2D eigenvalue weighted by molar-refractivity contribution is 9.13. The zero-order valence-electron chi connectivity index (χ0n) is 8.01. The number of nitrogens with one attached hydrogen (secondary N) is 1. The average Bonchev–Trinajstić information content (AvgIpc) is 2.28. The van der Waals surface area contributed by atoms with Crippen LogP contribution in [0.2, 0.25) is 0 Å². The third kappa shape index (κ3) is 1.76. The minimum atomic E-state index is -0.475. The van der Waals surface area contributed by atoms with E-state index < -0.39 is 5.78 Å². The number of benzene rings is 1. The van der Waals surface area contributed by atoms with Crippen molar-refractivity contribution in [1.82, 2.24) is 0 Å². The Kier molecular flexibility index (Phi) is 3.17. The van der Waals surface area contributed by atoms with E-state index in [2.05, 4.69) is 47.8 Å². The van der Waals surface area contributed by atoms with Crippen LogP contribution in [0.3, 0.4) is 0 Å².